The lowest BCUT2D eigenvalue weighted by atomic mass is 10.0. The molecule has 3 aromatic rings. The molecule has 1 aliphatic carbocycles. The van der Waals surface area contributed by atoms with E-state index in [1.807, 2.05) is 25.1 Å². The number of nitrogens with two attached hydrogens (primary N) is 1. The Morgan fingerprint density at radius 3 is 2.77 bits per heavy atom. The fraction of sp³-hybridized carbons (Fsp3) is 0.350. The maximum absolute atomic E-state index is 11.9. The van der Waals surface area contributed by atoms with Crippen LogP contribution < -0.4 is 16.4 Å². The SMILES string of the molecule is CC(N)c1ccc(Nc2cc(NC3CC3)n3ncc(C#N)c3n2)cc1CS(C)(=O)=O. The molecule has 2 heterocycles. The van der Waals surface area contributed by atoms with Crippen molar-refractivity contribution >= 4 is 32.8 Å². The van der Waals surface area contributed by atoms with E-state index in [0.29, 0.717) is 34.3 Å². The minimum absolute atomic E-state index is 0.0957. The predicted octanol–water partition coefficient (Wildman–Crippen LogP) is 2.48. The molecule has 1 fully saturated rings. The van der Waals surface area contributed by atoms with Gasteiger partial charge in [-0.3, -0.25) is 0 Å². The van der Waals surface area contributed by atoms with Gasteiger partial charge in [0.05, 0.1) is 11.9 Å². The highest BCUT2D eigenvalue weighted by atomic mass is 32.2. The predicted molar refractivity (Wildman–Crippen MR) is 115 cm³/mol. The minimum Gasteiger partial charge on any atom is -0.367 e. The summed E-state index contributed by atoms with van der Waals surface area (Å²) >= 11 is 0. The number of hydrogen-bond acceptors (Lipinski definition) is 8. The lowest BCUT2D eigenvalue weighted by Gasteiger charge is -2.16. The highest BCUT2D eigenvalue weighted by Crippen LogP contribution is 2.29. The van der Waals surface area contributed by atoms with Crippen LogP contribution in [0, 0.1) is 11.3 Å². The molecule has 156 valence electrons. The van der Waals surface area contributed by atoms with E-state index < -0.39 is 9.84 Å². The van der Waals surface area contributed by atoms with Gasteiger partial charge in [-0.1, -0.05) is 6.07 Å². The Hall–Kier alpha value is -3.16. The average Bonchev–Trinajstić information content (AvgIpc) is 3.37. The maximum Gasteiger partial charge on any atom is 0.177 e. The fourth-order valence-corrected chi connectivity index (χ4v) is 4.14. The van der Waals surface area contributed by atoms with E-state index in [1.165, 1.54) is 12.5 Å². The number of nitrogens with zero attached hydrogens (tertiary/aromatic N) is 4. The monoisotopic (exact) mass is 425 g/mol. The Labute approximate surface area is 174 Å². The van der Waals surface area contributed by atoms with Crippen molar-refractivity contribution in [3.8, 4) is 6.07 Å². The van der Waals surface area contributed by atoms with Gasteiger partial charge in [0.2, 0.25) is 0 Å². The molecule has 9 nitrogen and oxygen atoms in total. The van der Waals surface area contributed by atoms with Gasteiger partial charge in [0.25, 0.3) is 0 Å². The summed E-state index contributed by atoms with van der Waals surface area (Å²) in [6.07, 6.45) is 4.87. The van der Waals surface area contributed by atoms with E-state index in [-0.39, 0.29) is 11.8 Å². The van der Waals surface area contributed by atoms with Crippen molar-refractivity contribution in [2.45, 2.75) is 37.6 Å². The zero-order valence-electron chi connectivity index (χ0n) is 16.8. The van der Waals surface area contributed by atoms with E-state index in [0.717, 1.165) is 24.2 Å². The molecular weight excluding hydrogens is 402 g/mol. The Morgan fingerprint density at radius 2 is 2.13 bits per heavy atom. The number of hydrogen-bond donors (Lipinski definition) is 3. The number of rotatable bonds is 7. The summed E-state index contributed by atoms with van der Waals surface area (Å²) in [5.41, 5.74) is 8.97. The van der Waals surface area contributed by atoms with Crippen molar-refractivity contribution in [2.24, 2.45) is 5.73 Å². The summed E-state index contributed by atoms with van der Waals surface area (Å²) in [5, 5.41) is 20.3. The highest BCUT2D eigenvalue weighted by molar-refractivity contribution is 7.89. The molecule has 1 atom stereocenters. The van der Waals surface area contributed by atoms with Crippen LogP contribution >= 0.6 is 0 Å². The van der Waals surface area contributed by atoms with Gasteiger partial charge in [0.15, 0.2) is 15.5 Å². The topological polar surface area (TPSA) is 138 Å². The molecule has 0 saturated heterocycles. The zero-order chi connectivity index (χ0) is 21.5. The number of aromatic nitrogens is 3. The van der Waals surface area contributed by atoms with Gasteiger partial charge in [0.1, 0.15) is 23.3 Å². The first-order valence-electron chi connectivity index (χ1n) is 9.62. The van der Waals surface area contributed by atoms with Crippen molar-refractivity contribution in [1.82, 2.24) is 14.6 Å². The molecule has 0 bridgehead atoms. The third-order valence-corrected chi connectivity index (χ3v) is 5.68. The largest absolute Gasteiger partial charge is 0.367 e. The van der Waals surface area contributed by atoms with Crippen molar-refractivity contribution in [2.75, 3.05) is 16.9 Å². The van der Waals surface area contributed by atoms with Crippen LogP contribution in [0.5, 0.6) is 0 Å². The molecule has 1 aliphatic rings. The second-order valence-electron chi connectivity index (χ2n) is 7.75. The Balaban J connectivity index is 1.73. The van der Waals surface area contributed by atoms with E-state index in [4.69, 9.17) is 5.73 Å². The number of nitriles is 1. The lowest BCUT2D eigenvalue weighted by Crippen LogP contribution is -2.12. The van der Waals surface area contributed by atoms with E-state index in [2.05, 4.69) is 26.8 Å². The van der Waals surface area contributed by atoms with Crippen molar-refractivity contribution in [1.29, 1.82) is 5.26 Å². The average molecular weight is 426 g/mol. The summed E-state index contributed by atoms with van der Waals surface area (Å²) in [7, 11) is -3.22. The number of sulfone groups is 1. The van der Waals surface area contributed by atoms with Crippen molar-refractivity contribution < 1.29 is 8.42 Å². The van der Waals surface area contributed by atoms with Crippen LogP contribution in [0.2, 0.25) is 0 Å². The van der Waals surface area contributed by atoms with Crippen LogP contribution in [-0.2, 0) is 15.6 Å². The van der Waals surface area contributed by atoms with Gasteiger partial charge in [-0.2, -0.15) is 14.9 Å². The van der Waals surface area contributed by atoms with Gasteiger partial charge in [0, 0.05) is 30.1 Å². The van der Waals surface area contributed by atoms with Gasteiger partial charge < -0.3 is 16.4 Å². The van der Waals surface area contributed by atoms with Gasteiger partial charge in [-0.15, -0.1) is 0 Å². The van der Waals surface area contributed by atoms with E-state index in [9.17, 15) is 13.7 Å². The smallest absolute Gasteiger partial charge is 0.177 e. The molecule has 0 spiro atoms. The molecule has 4 rings (SSSR count). The third-order valence-electron chi connectivity index (χ3n) is 4.85. The molecular formula is C20H23N7O2S. The molecule has 1 aromatic carbocycles. The second-order valence-corrected chi connectivity index (χ2v) is 9.89. The second kappa shape index (κ2) is 7.59. The number of fused-ring (bicyclic) bond motifs is 1. The number of anilines is 3. The molecule has 10 heteroatoms. The van der Waals surface area contributed by atoms with E-state index in [1.54, 1.807) is 10.6 Å². The first-order valence-corrected chi connectivity index (χ1v) is 11.7. The molecule has 30 heavy (non-hydrogen) atoms. The van der Waals surface area contributed by atoms with E-state index >= 15 is 0 Å². The highest BCUT2D eigenvalue weighted by Gasteiger charge is 2.23. The normalized spacial score (nSPS) is 15.0. The summed E-state index contributed by atoms with van der Waals surface area (Å²) in [5.74, 6) is 1.18. The van der Waals surface area contributed by atoms with Crippen LogP contribution in [0.15, 0.2) is 30.5 Å². The first kappa shape index (κ1) is 20.1. The van der Waals surface area contributed by atoms with Gasteiger partial charge in [-0.25, -0.2) is 13.4 Å². The van der Waals surface area contributed by atoms with Gasteiger partial charge >= 0.3 is 0 Å². The Kier molecular flexibility index (Phi) is 5.09. The summed E-state index contributed by atoms with van der Waals surface area (Å²) in [4.78, 5) is 4.54. The molecule has 2 aromatic heterocycles. The van der Waals surface area contributed by atoms with Crippen molar-refractivity contribution in [3.05, 3.63) is 47.2 Å². The quantitative estimate of drug-likeness (QED) is 0.525. The number of nitrogens with one attached hydrogen (secondary N) is 2. The Morgan fingerprint density at radius 1 is 1.37 bits per heavy atom. The fourth-order valence-electron chi connectivity index (χ4n) is 3.33. The minimum atomic E-state index is -3.22. The summed E-state index contributed by atoms with van der Waals surface area (Å²) < 4.78 is 25.3. The number of benzene rings is 1. The molecule has 4 N–H and O–H groups in total. The van der Waals surface area contributed by atoms with Crippen LogP contribution in [0.25, 0.3) is 5.65 Å². The zero-order valence-corrected chi connectivity index (χ0v) is 17.6. The molecule has 1 saturated carbocycles. The van der Waals surface area contributed by atoms with Gasteiger partial charge in [-0.05, 0) is 43.0 Å². The lowest BCUT2D eigenvalue weighted by molar-refractivity contribution is 0.600. The maximum atomic E-state index is 11.9. The molecule has 0 aliphatic heterocycles. The van der Waals surface area contributed by atoms with Crippen molar-refractivity contribution in [3.63, 3.8) is 0 Å². The Bertz CT molecular complexity index is 1250. The van der Waals surface area contributed by atoms with Crippen LogP contribution in [0.3, 0.4) is 0 Å². The summed E-state index contributed by atoms with van der Waals surface area (Å²) in [6, 6.07) is 9.49. The third kappa shape index (κ3) is 4.37. The summed E-state index contributed by atoms with van der Waals surface area (Å²) in [6.45, 7) is 1.82. The van der Waals surface area contributed by atoms with Crippen LogP contribution in [0.4, 0.5) is 17.3 Å². The standard InChI is InChI=1S/C20H23N7O2S/c1-12(22)17-6-5-16(7-13(17)11-30(2,28)29)24-18-8-19(25-15-3-4-15)27-20(26-18)14(9-21)10-23-27/h5-8,10,12,15,25H,3-4,11,22H2,1-2H3,(H,24,26). The molecule has 0 amide bonds. The molecule has 0 radical (unpaired) electrons. The van der Waals surface area contributed by atoms with Crippen LogP contribution in [0.1, 0.15) is 42.5 Å². The molecule has 1 unspecified atom stereocenters. The van der Waals surface area contributed by atoms with Crippen LogP contribution in [-0.4, -0.2) is 35.3 Å². The first-order chi connectivity index (χ1) is 14.2.